The molecule has 1 nitrogen and oxygen atoms in total. The molecule has 0 aromatic heterocycles. The van der Waals surface area contributed by atoms with Crippen LogP contribution in [0.25, 0.3) is 55.6 Å². The maximum atomic E-state index is 2.55. The molecular formula is C72H63N. The molecule has 1 unspecified atom stereocenters. The number of nitrogens with zero attached hydrogens (tertiary/aromatic N) is 1. The van der Waals surface area contributed by atoms with Gasteiger partial charge in [0.05, 0.1) is 5.41 Å². The first kappa shape index (κ1) is 46.1. The molecule has 10 aromatic rings. The third-order valence-electron chi connectivity index (χ3n) is 16.0. The molecule has 2 aliphatic carbocycles. The van der Waals surface area contributed by atoms with E-state index in [4.69, 9.17) is 0 Å². The van der Waals surface area contributed by atoms with Crippen molar-refractivity contribution < 1.29 is 0 Å². The second-order valence-corrected chi connectivity index (χ2v) is 23.0. The number of rotatable bonds is 8. The van der Waals surface area contributed by atoms with Gasteiger partial charge in [-0.3, -0.25) is 0 Å². The van der Waals surface area contributed by atoms with Crippen molar-refractivity contribution in [2.24, 2.45) is 0 Å². The second-order valence-electron chi connectivity index (χ2n) is 23.0. The number of hydrogen-bond donors (Lipinski definition) is 0. The van der Waals surface area contributed by atoms with E-state index >= 15 is 0 Å². The average Bonchev–Trinajstić information content (AvgIpc) is 3.85. The van der Waals surface area contributed by atoms with Crippen LogP contribution < -0.4 is 4.90 Å². The molecule has 0 amide bonds. The van der Waals surface area contributed by atoms with Gasteiger partial charge in [-0.1, -0.05) is 250 Å². The number of hydrogen-bond acceptors (Lipinski definition) is 1. The maximum absolute atomic E-state index is 2.55. The number of benzene rings is 10. The summed E-state index contributed by atoms with van der Waals surface area (Å²) in [6.45, 7) is 18.9. The maximum Gasteiger partial charge on any atom is 0.0714 e. The highest BCUT2D eigenvalue weighted by molar-refractivity contribution is 5.97. The van der Waals surface area contributed by atoms with Gasteiger partial charge in [0, 0.05) is 22.5 Å². The highest BCUT2D eigenvalue weighted by Crippen LogP contribution is 2.59. The quantitative estimate of drug-likeness (QED) is 0.147. The molecule has 1 heteroatoms. The van der Waals surface area contributed by atoms with Crippen LogP contribution in [0.4, 0.5) is 17.1 Å². The van der Waals surface area contributed by atoms with Crippen molar-refractivity contribution in [1.29, 1.82) is 0 Å². The van der Waals surface area contributed by atoms with Crippen LogP contribution in [0.15, 0.2) is 237 Å². The zero-order chi connectivity index (χ0) is 50.3. The van der Waals surface area contributed by atoms with Crippen LogP contribution in [-0.4, -0.2) is 0 Å². The van der Waals surface area contributed by atoms with Crippen molar-refractivity contribution in [1.82, 2.24) is 0 Å². The molecule has 0 saturated carbocycles. The Morgan fingerprint density at radius 2 is 0.795 bits per heavy atom. The van der Waals surface area contributed by atoms with Crippen molar-refractivity contribution in [3.05, 3.63) is 281 Å². The van der Waals surface area contributed by atoms with Crippen LogP contribution in [0.3, 0.4) is 0 Å². The summed E-state index contributed by atoms with van der Waals surface area (Å²) in [6, 6.07) is 89.2. The van der Waals surface area contributed by atoms with E-state index < -0.39 is 5.41 Å². The summed E-state index contributed by atoms with van der Waals surface area (Å²) in [4.78, 5) is 2.55. The molecule has 0 spiro atoms. The number of fused-ring (bicyclic) bond motifs is 6. The van der Waals surface area contributed by atoms with Crippen molar-refractivity contribution in [2.75, 3.05) is 4.90 Å². The monoisotopic (exact) mass is 941 g/mol. The van der Waals surface area contributed by atoms with Gasteiger partial charge < -0.3 is 4.90 Å². The van der Waals surface area contributed by atoms with Crippen LogP contribution in [0.2, 0.25) is 0 Å². The Balaban J connectivity index is 1.17. The van der Waals surface area contributed by atoms with Crippen LogP contribution in [-0.2, 0) is 21.7 Å². The van der Waals surface area contributed by atoms with Crippen LogP contribution in [0.5, 0.6) is 0 Å². The molecule has 0 N–H and O–H groups in total. The molecule has 0 bridgehead atoms. The fourth-order valence-electron chi connectivity index (χ4n) is 12.2. The van der Waals surface area contributed by atoms with Gasteiger partial charge in [-0.2, -0.15) is 0 Å². The predicted molar refractivity (Wildman–Crippen MR) is 310 cm³/mol. The highest BCUT2D eigenvalue weighted by atomic mass is 15.1. The van der Waals surface area contributed by atoms with Gasteiger partial charge in [-0.15, -0.1) is 0 Å². The molecule has 356 valence electrons. The summed E-state index contributed by atoms with van der Waals surface area (Å²) in [5, 5.41) is 0. The molecule has 2 aliphatic rings. The second kappa shape index (κ2) is 17.3. The Kier molecular flexibility index (Phi) is 11.0. The average molecular weight is 942 g/mol. The van der Waals surface area contributed by atoms with E-state index in [0.29, 0.717) is 0 Å². The Bertz CT molecular complexity index is 3680. The number of anilines is 3. The summed E-state index contributed by atoms with van der Waals surface area (Å²) in [6.07, 6.45) is 0. The standard InChI is InChI=1S/C72H63N/c1-69(2,3)55-41-52(42-56(44-55)70(4,5)6)63-45-59(47-67-68(63)62-35-19-20-36-64(62)71(67,7)8)73(57-33-23-29-51(43-57)49-26-14-10-15-27-49)58-38-39-61-60-34-18-21-37-65(60)72(66(61)46-58,53-30-16-11-17-31-53)54-32-22-28-50(40-54)48-24-12-9-13-25-48/h9-47H,1-8H3. The summed E-state index contributed by atoms with van der Waals surface area (Å²) >= 11 is 0. The van der Waals surface area contributed by atoms with Gasteiger partial charge in [0.15, 0.2) is 0 Å². The summed E-state index contributed by atoms with van der Waals surface area (Å²) in [7, 11) is 0. The molecule has 0 radical (unpaired) electrons. The third kappa shape index (κ3) is 7.68. The summed E-state index contributed by atoms with van der Waals surface area (Å²) in [5.74, 6) is 0. The molecule has 1 atom stereocenters. The van der Waals surface area contributed by atoms with Crippen LogP contribution >= 0.6 is 0 Å². The van der Waals surface area contributed by atoms with Crippen molar-refractivity contribution in [2.45, 2.75) is 77.0 Å². The summed E-state index contributed by atoms with van der Waals surface area (Å²) < 4.78 is 0. The minimum atomic E-state index is -0.616. The van der Waals surface area contributed by atoms with E-state index in [1.807, 2.05) is 0 Å². The molecule has 0 fully saturated rings. The largest absolute Gasteiger partial charge is 0.310 e. The molecule has 73 heavy (non-hydrogen) atoms. The van der Waals surface area contributed by atoms with Gasteiger partial charge in [0.1, 0.15) is 0 Å². The smallest absolute Gasteiger partial charge is 0.0714 e. The Morgan fingerprint density at radius 1 is 0.301 bits per heavy atom. The predicted octanol–water partition coefficient (Wildman–Crippen LogP) is 19.4. The first-order valence-corrected chi connectivity index (χ1v) is 26.1. The van der Waals surface area contributed by atoms with E-state index in [0.717, 1.165) is 17.1 Å². The highest BCUT2D eigenvalue weighted by Gasteiger charge is 2.47. The minimum Gasteiger partial charge on any atom is -0.310 e. The molecule has 12 rings (SSSR count). The molecule has 0 saturated heterocycles. The molecule has 0 aliphatic heterocycles. The topological polar surface area (TPSA) is 3.24 Å². The fourth-order valence-corrected chi connectivity index (χ4v) is 12.2. The van der Waals surface area contributed by atoms with Gasteiger partial charge in [0.25, 0.3) is 0 Å². The first-order chi connectivity index (χ1) is 35.2. The van der Waals surface area contributed by atoms with Gasteiger partial charge in [-0.25, -0.2) is 0 Å². The van der Waals surface area contributed by atoms with Crippen molar-refractivity contribution >= 4 is 17.1 Å². The zero-order valence-electron chi connectivity index (χ0n) is 43.5. The molecule has 10 aromatic carbocycles. The molecule has 0 heterocycles. The van der Waals surface area contributed by atoms with Gasteiger partial charge in [0.2, 0.25) is 0 Å². The lowest BCUT2D eigenvalue weighted by Gasteiger charge is -2.35. The first-order valence-electron chi connectivity index (χ1n) is 26.1. The third-order valence-corrected chi connectivity index (χ3v) is 16.0. The fraction of sp³-hybridized carbons (Fsp3) is 0.167. The summed E-state index contributed by atoms with van der Waals surface area (Å²) in [5.41, 5.74) is 25.3. The van der Waals surface area contributed by atoms with E-state index in [1.165, 1.54) is 100 Å². The van der Waals surface area contributed by atoms with E-state index in [-0.39, 0.29) is 16.2 Å². The zero-order valence-corrected chi connectivity index (χ0v) is 43.5. The lowest BCUT2D eigenvalue weighted by molar-refractivity contribution is 0.569. The Morgan fingerprint density at radius 3 is 1.44 bits per heavy atom. The lowest BCUT2D eigenvalue weighted by Crippen LogP contribution is -2.29. The van der Waals surface area contributed by atoms with Gasteiger partial charge >= 0.3 is 0 Å². The van der Waals surface area contributed by atoms with Crippen LogP contribution in [0.1, 0.15) is 99.9 Å². The Hall–Kier alpha value is -8.00. The van der Waals surface area contributed by atoms with Crippen LogP contribution in [0, 0.1) is 0 Å². The van der Waals surface area contributed by atoms with Crippen molar-refractivity contribution in [3.63, 3.8) is 0 Å². The van der Waals surface area contributed by atoms with Crippen molar-refractivity contribution in [3.8, 4) is 55.6 Å². The Labute approximate surface area is 433 Å². The SMILES string of the molecule is CC(C)(C)c1cc(-c2cc(N(c3cccc(-c4ccccc4)c3)c3ccc4c(c3)C(c3ccccc3)(c3cccc(-c5ccccc5)c3)c3ccccc3-4)cc3c2-c2ccccc2C3(C)C)cc(C(C)(C)C)c1. The van der Waals surface area contributed by atoms with E-state index in [9.17, 15) is 0 Å². The van der Waals surface area contributed by atoms with E-state index in [2.05, 4.69) is 297 Å². The molecular weight excluding hydrogens is 879 g/mol. The van der Waals surface area contributed by atoms with Gasteiger partial charge in [-0.05, 0) is 153 Å². The van der Waals surface area contributed by atoms with E-state index in [1.54, 1.807) is 0 Å². The lowest BCUT2D eigenvalue weighted by atomic mass is 9.67. The minimum absolute atomic E-state index is 0.0499. The normalized spacial score (nSPS) is 15.3.